The minimum absolute atomic E-state index is 0.665. The van der Waals surface area contributed by atoms with Gasteiger partial charge < -0.3 is 5.73 Å². The third kappa shape index (κ3) is 9.28. The zero-order valence-corrected chi connectivity index (χ0v) is 7.80. The smallest absolute Gasteiger partial charge is 0.000844 e. The van der Waals surface area contributed by atoms with Crippen LogP contribution in [0, 0.1) is 5.92 Å². The summed E-state index contributed by atoms with van der Waals surface area (Å²) < 4.78 is 0. The maximum Gasteiger partial charge on any atom is 0.000844 e. The summed E-state index contributed by atoms with van der Waals surface area (Å²) in [4.78, 5) is 0. The van der Waals surface area contributed by atoms with Crippen LogP contribution in [0.3, 0.4) is 0 Å². The average molecular weight is 153 g/mol. The highest BCUT2D eigenvalue weighted by molar-refractivity contribution is 4.94. The first kappa shape index (κ1) is 10.3. The number of hydrogen-bond donors (Lipinski definition) is 1. The van der Waals surface area contributed by atoms with Crippen LogP contribution in [0.2, 0.25) is 0 Å². The van der Waals surface area contributed by atoms with Crippen LogP contribution in [0.5, 0.6) is 0 Å². The van der Waals surface area contributed by atoms with E-state index in [2.05, 4.69) is 32.1 Å². The molecule has 0 fully saturated rings. The van der Waals surface area contributed by atoms with E-state index in [1.807, 2.05) is 6.92 Å². The summed E-state index contributed by atoms with van der Waals surface area (Å²) >= 11 is 0. The molecule has 0 radical (unpaired) electrons. The minimum atomic E-state index is 0.665. The Balaban J connectivity index is 3.35. The Labute approximate surface area is 70.0 Å². The summed E-state index contributed by atoms with van der Waals surface area (Å²) in [6.45, 7) is 6.28. The SMILES string of the molecule is CC(N)=CCCC=CC(C)C. The van der Waals surface area contributed by atoms with Crippen LogP contribution in [-0.4, -0.2) is 0 Å². The molecular weight excluding hydrogens is 134 g/mol. The van der Waals surface area contributed by atoms with E-state index < -0.39 is 0 Å². The van der Waals surface area contributed by atoms with Gasteiger partial charge in [0.2, 0.25) is 0 Å². The molecule has 0 spiro atoms. The molecule has 0 aromatic carbocycles. The van der Waals surface area contributed by atoms with Gasteiger partial charge in [0.15, 0.2) is 0 Å². The fraction of sp³-hybridized carbons (Fsp3) is 0.600. The fourth-order valence-electron chi connectivity index (χ4n) is 0.776. The summed E-state index contributed by atoms with van der Waals surface area (Å²) in [6.07, 6.45) is 8.66. The van der Waals surface area contributed by atoms with Gasteiger partial charge in [0.25, 0.3) is 0 Å². The molecule has 2 N–H and O–H groups in total. The summed E-state index contributed by atoms with van der Waals surface area (Å²) in [5.74, 6) is 0.665. The highest BCUT2D eigenvalue weighted by atomic mass is 14.5. The monoisotopic (exact) mass is 153 g/mol. The average Bonchev–Trinajstić information content (AvgIpc) is 1.85. The molecule has 0 aliphatic carbocycles. The number of allylic oxidation sites excluding steroid dienone is 4. The van der Waals surface area contributed by atoms with Crippen LogP contribution in [0.25, 0.3) is 0 Å². The van der Waals surface area contributed by atoms with Crippen LogP contribution >= 0.6 is 0 Å². The van der Waals surface area contributed by atoms with E-state index in [0.717, 1.165) is 18.5 Å². The van der Waals surface area contributed by atoms with Gasteiger partial charge in [-0.2, -0.15) is 0 Å². The van der Waals surface area contributed by atoms with Crippen LogP contribution in [-0.2, 0) is 0 Å². The van der Waals surface area contributed by atoms with E-state index in [1.54, 1.807) is 0 Å². The Bertz CT molecular complexity index is 139. The lowest BCUT2D eigenvalue weighted by Crippen LogP contribution is -1.88. The summed E-state index contributed by atoms with van der Waals surface area (Å²) in [6, 6.07) is 0. The van der Waals surface area contributed by atoms with Crippen molar-refractivity contribution in [3.05, 3.63) is 23.9 Å². The second-order valence-electron chi connectivity index (χ2n) is 3.20. The van der Waals surface area contributed by atoms with Gasteiger partial charge in [-0.1, -0.05) is 32.1 Å². The molecule has 0 amide bonds. The fourth-order valence-corrected chi connectivity index (χ4v) is 0.776. The first-order valence-corrected chi connectivity index (χ1v) is 4.22. The molecule has 0 saturated heterocycles. The molecule has 0 rings (SSSR count). The van der Waals surface area contributed by atoms with Crippen molar-refractivity contribution in [2.75, 3.05) is 0 Å². The number of rotatable bonds is 4. The minimum Gasteiger partial charge on any atom is -0.403 e. The van der Waals surface area contributed by atoms with Gasteiger partial charge in [-0.3, -0.25) is 0 Å². The lowest BCUT2D eigenvalue weighted by atomic mass is 10.2. The molecule has 64 valence electrons. The maximum absolute atomic E-state index is 5.47. The Morgan fingerprint density at radius 3 is 2.45 bits per heavy atom. The van der Waals surface area contributed by atoms with E-state index in [4.69, 9.17) is 5.73 Å². The van der Waals surface area contributed by atoms with Crippen molar-refractivity contribution in [1.82, 2.24) is 0 Å². The van der Waals surface area contributed by atoms with Crippen molar-refractivity contribution < 1.29 is 0 Å². The second kappa shape index (κ2) is 6.02. The third-order valence-corrected chi connectivity index (χ3v) is 1.32. The highest BCUT2D eigenvalue weighted by Gasteiger charge is 1.82. The number of unbranched alkanes of at least 4 members (excludes halogenated alkanes) is 1. The van der Waals surface area contributed by atoms with Crippen molar-refractivity contribution in [2.45, 2.75) is 33.6 Å². The van der Waals surface area contributed by atoms with Gasteiger partial charge in [-0.05, 0) is 25.7 Å². The van der Waals surface area contributed by atoms with E-state index in [-0.39, 0.29) is 0 Å². The molecule has 0 aliphatic heterocycles. The molecule has 1 heteroatoms. The summed E-state index contributed by atoms with van der Waals surface area (Å²) in [7, 11) is 0. The Kier molecular flexibility index (Phi) is 5.63. The molecule has 0 unspecified atom stereocenters. The lowest BCUT2D eigenvalue weighted by Gasteiger charge is -1.93. The van der Waals surface area contributed by atoms with Crippen LogP contribution in [0.4, 0.5) is 0 Å². The van der Waals surface area contributed by atoms with Gasteiger partial charge in [0.05, 0.1) is 0 Å². The van der Waals surface area contributed by atoms with Gasteiger partial charge in [-0.25, -0.2) is 0 Å². The van der Waals surface area contributed by atoms with Crippen molar-refractivity contribution >= 4 is 0 Å². The normalized spacial score (nSPS) is 13.3. The predicted molar refractivity (Wildman–Crippen MR) is 51.2 cm³/mol. The predicted octanol–water partition coefficient (Wildman–Crippen LogP) is 2.84. The Morgan fingerprint density at radius 1 is 1.36 bits per heavy atom. The first-order valence-electron chi connectivity index (χ1n) is 4.22. The van der Waals surface area contributed by atoms with Crippen LogP contribution < -0.4 is 5.73 Å². The van der Waals surface area contributed by atoms with E-state index in [0.29, 0.717) is 5.92 Å². The Morgan fingerprint density at radius 2 is 2.00 bits per heavy atom. The zero-order valence-electron chi connectivity index (χ0n) is 7.80. The molecule has 0 bridgehead atoms. The van der Waals surface area contributed by atoms with Gasteiger partial charge in [0, 0.05) is 5.70 Å². The lowest BCUT2D eigenvalue weighted by molar-refractivity contribution is 0.823. The summed E-state index contributed by atoms with van der Waals surface area (Å²) in [5.41, 5.74) is 6.39. The van der Waals surface area contributed by atoms with Gasteiger partial charge in [-0.15, -0.1) is 0 Å². The molecule has 0 aromatic rings. The van der Waals surface area contributed by atoms with Crippen molar-refractivity contribution in [3.8, 4) is 0 Å². The molecule has 0 saturated carbocycles. The summed E-state index contributed by atoms with van der Waals surface area (Å²) in [5, 5.41) is 0. The topological polar surface area (TPSA) is 26.0 Å². The van der Waals surface area contributed by atoms with E-state index in [1.165, 1.54) is 0 Å². The third-order valence-electron chi connectivity index (χ3n) is 1.32. The first-order chi connectivity index (χ1) is 5.13. The zero-order chi connectivity index (χ0) is 8.69. The maximum atomic E-state index is 5.47. The highest BCUT2D eigenvalue weighted by Crippen LogP contribution is 1.99. The Hall–Kier alpha value is -0.720. The number of hydrogen-bond acceptors (Lipinski definition) is 1. The molecular formula is C10H19N. The largest absolute Gasteiger partial charge is 0.403 e. The van der Waals surface area contributed by atoms with Gasteiger partial charge >= 0.3 is 0 Å². The van der Waals surface area contributed by atoms with Crippen LogP contribution in [0.15, 0.2) is 23.9 Å². The number of nitrogens with two attached hydrogens (primary N) is 1. The van der Waals surface area contributed by atoms with Gasteiger partial charge in [0.1, 0.15) is 0 Å². The molecule has 0 aromatic heterocycles. The second-order valence-corrected chi connectivity index (χ2v) is 3.20. The van der Waals surface area contributed by atoms with Crippen LogP contribution in [0.1, 0.15) is 33.6 Å². The van der Waals surface area contributed by atoms with Crippen molar-refractivity contribution in [3.63, 3.8) is 0 Å². The standard InChI is InChI=1S/C10H19N/c1-9(2)7-5-4-6-8-10(3)11/h5,7-9H,4,6,11H2,1-3H3. The quantitative estimate of drug-likeness (QED) is 0.488. The van der Waals surface area contributed by atoms with Crippen molar-refractivity contribution in [1.29, 1.82) is 0 Å². The molecule has 11 heavy (non-hydrogen) atoms. The molecule has 1 nitrogen and oxygen atoms in total. The molecule has 0 atom stereocenters. The van der Waals surface area contributed by atoms with Crippen molar-refractivity contribution in [2.24, 2.45) is 11.7 Å². The molecule has 0 heterocycles. The van der Waals surface area contributed by atoms with E-state index in [9.17, 15) is 0 Å². The molecule has 0 aliphatic rings. The van der Waals surface area contributed by atoms with E-state index >= 15 is 0 Å².